The summed E-state index contributed by atoms with van der Waals surface area (Å²) in [4.78, 5) is 31.7. The van der Waals surface area contributed by atoms with Gasteiger partial charge in [0, 0.05) is 6.54 Å². The molecule has 0 spiro atoms. The van der Waals surface area contributed by atoms with E-state index in [2.05, 4.69) is 10.1 Å². The van der Waals surface area contributed by atoms with Crippen molar-refractivity contribution in [1.82, 2.24) is 19.7 Å². The standard InChI is InChI=1S/C19H17FN4O3S/c1-27-19(26)14-4-2-10-23(14)18(25)16-21-17(15-5-3-11-28-15)24(22-16)13-8-6-12(20)7-9-13/h3,5-9,11,14H,2,4,10H2,1H3. The summed E-state index contributed by atoms with van der Waals surface area (Å²) in [7, 11) is 1.31. The number of esters is 1. The summed E-state index contributed by atoms with van der Waals surface area (Å²) in [6.45, 7) is 0.442. The summed E-state index contributed by atoms with van der Waals surface area (Å²) >= 11 is 1.46. The van der Waals surface area contributed by atoms with Crippen molar-refractivity contribution in [3.05, 3.63) is 53.4 Å². The number of carbonyl (C=O) groups is 2. The highest BCUT2D eigenvalue weighted by Gasteiger charge is 2.37. The smallest absolute Gasteiger partial charge is 0.328 e. The van der Waals surface area contributed by atoms with E-state index in [9.17, 15) is 14.0 Å². The number of benzene rings is 1. The van der Waals surface area contributed by atoms with Crippen LogP contribution in [0.2, 0.25) is 0 Å². The molecule has 0 aliphatic carbocycles. The van der Waals surface area contributed by atoms with Gasteiger partial charge < -0.3 is 9.64 Å². The molecule has 3 heterocycles. The molecule has 9 heteroatoms. The lowest BCUT2D eigenvalue weighted by molar-refractivity contribution is -0.145. The lowest BCUT2D eigenvalue weighted by atomic mass is 10.2. The van der Waals surface area contributed by atoms with Gasteiger partial charge in [-0.05, 0) is 48.6 Å². The first-order valence-electron chi connectivity index (χ1n) is 8.74. The van der Waals surface area contributed by atoms with E-state index in [1.165, 1.54) is 40.2 Å². The predicted molar refractivity (Wildman–Crippen MR) is 101 cm³/mol. The van der Waals surface area contributed by atoms with Gasteiger partial charge in [0.2, 0.25) is 5.82 Å². The van der Waals surface area contributed by atoms with Crippen LogP contribution < -0.4 is 0 Å². The number of aromatic nitrogens is 3. The first-order chi connectivity index (χ1) is 13.6. The number of thiophene rings is 1. The van der Waals surface area contributed by atoms with Crippen LogP contribution in [0.1, 0.15) is 23.5 Å². The van der Waals surface area contributed by atoms with Crippen LogP contribution in [-0.4, -0.2) is 51.2 Å². The number of likely N-dealkylation sites (tertiary alicyclic amines) is 1. The molecule has 1 fully saturated rings. The molecule has 2 aromatic heterocycles. The summed E-state index contributed by atoms with van der Waals surface area (Å²) in [5.41, 5.74) is 0.585. The minimum atomic E-state index is -0.625. The second-order valence-corrected chi connectivity index (χ2v) is 7.25. The fourth-order valence-corrected chi connectivity index (χ4v) is 3.95. The molecular weight excluding hydrogens is 383 g/mol. The molecule has 1 unspecified atom stereocenters. The summed E-state index contributed by atoms with van der Waals surface area (Å²) in [5.74, 6) is -0.757. The normalized spacial score (nSPS) is 16.4. The number of rotatable bonds is 4. The molecule has 3 aromatic rings. The quantitative estimate of drug-likeness (QED) is 0.630. The summed E-state index contributed by atoms with van der Waals surface area (Å²) in [6, 6.07) is 8.91. The summed E-state index contributed by atoms with van der Waals surface area (Å²) < 4.78 is 19.6. The molecule has 1 aromatic carbocycles. The van der Waals surface area contributed by atoms with E-state index in [4.69, 9.17) is 4.74 Å². The number of nitrogens with zero attached hydrogens (tertiary/aromatic N) is 4. The van der Waals surface area contributed by atoms with Gasteiger partial charge in [-0.2, -0.15) is 0 Å². The summed E-state index contributed by atoms with van der Waals surface area (Å²) in [5, 5.41) is 6.27. The summed E-state index contributed by atoms with van der Waals surface area (Å²) in [6.07, 6.45) is 1.26. The third-order valence-corrected chi connectivity index (χ3v) is 5.46. The zero-order chi connectivity index (χ0) is 19.7. The maximum absolute atomic E-state index is 13.3. The predicted octanol–water partition coefficient (Wildman–Crippen LogP) is 2.91. The van der Waals surface area contributed by atoms with Crippen molar-refractivity contribution >= 4 is 23.2 Å². The number of amides is 1. The Morgan fingerprint density at radius 2 is 2.04 bits per heavy atom. The van der Waals surface area contributed by atoms with Crippen LogP contribution in [-0.2, 0) is 9.53 Å². The van der Waals surface area contributed by atoms with E-state index < -0.39 is 17.9 Å². The highest BCUT2D eigenvalue weighted by atomic mass is 32.1. The fourth-order valence-electron chi connectivity index (χ4n) is 3.25. The van der Waals surface area contributed by atoms with Gasteiger partial charge >= 0.3 is 5.97 Å². The van der Waals surface area contributed by atoms with E-state index in [1.54, 1.807) is 12.1 Å². The van der Waals surface area contributed by atoms with E-state index >= 15 is 0 Å². The van der Waals surface area contributed by atoms with Gasteiger partial charge in [-0.25, -0.2) is 18.9 Å². The Labute approximate surface area is 164 Å². The SMILES string of the molecule is COC(=O)C1CCCN1C(=O)c1nc(-c2cccs2)n(-c2ccc(F)cc2)n1. The van der Waals surface area contributed by atoms with Crippen molar-refractivity contribution < 1.29 is 18.7 Å². The zero-order valence-electron chi connectivity index (χ0n) is 15.0. The molecule has 0 radical (unpaired) electrons. The van der Waals surface area contributed by atoms with Gasteiger partial charge in [0.25, 0.3) is 5.91 Å². The zero-order valence-corrected chi connectivity index (χ0v) is 15.9. The van der Waals surface area contributed by atoms with Crippen LogP contribution in [0.25, 0.3) is 16.4 Å². The molecule has 1 aliphatic rings. The first-order valence-corrected chi connectivity index (χ1v) is 9.62. The van der Waals surface area contributed by atoms with Gasteiger partial charge in [0.15, 0.2) is 5.82 Å². The lowest BCUT2D eigenvalue weighted by Gasteiger charge is -2.20. The Hall–Kier alpha value is -3.07. The maximum atomic E-state index is 13.3. The van der Waals surface area contributed by atoms with E-state index in [1.807, 2.05) is 17.5 Å². The van der Waals surface area contributed by atoms with Crippen LogP contribution in [0.4, 0.5) is 4.39 Å². The number of carbonyl (C=O) groups excluding carboxylic acids is 2. The van der Waals surface area contributed by atoms with E-state index in [0.29, 0.717) is 30.9 Å². The average Bonchev–Trinajstić information content (AvgIpc) is 3.47. The molecule has 1 saturated heterocycles. The molecule has 0 bridgehead atoms. The number of hydrogen-bond donors (Lipinski definition) is 0. The molecule has 28 heavy (non-hydrogen) atoms. The average molecular weight is 400 g/mol. The second kappa shape index (κ2) is 7.51. The van der Waals surface area contributed by atoms with Crippen LogP contribution in [0.5, 0.6) is 0 Å². The Morgan fingerprint density at radius 3 is 2.71 bits per heavy atom. The number of halogens is 1. The third kappa shape index (κ3) is 3.29. The van der Waals surface area contributed by atoms with Gasteiger partial charge in [-0.1, -0.05) is 6.07 Å². The van der Waals surface area contributed by atoms with Gasteiger partial charge in [0.05, 0.1) is 17.7 Å². The van der Waals surface area contributed by atoms with Crippen molar-refractivity contribution in [2.45, 2.75) is 18.9 Å². The molecule has 1 amide bonds. The van der Waals surface area contributed by atoms with Gasteiger partial charge in [0.1, 0.15) is 11.9 Å². The fraction of sp³-hybridized carbons (Fsp3) is 0.263. The minimum absolute atomic E-state index is 0.0106. The Morgan fingerprint density at radius 1 is 1.25 bits per heavy atom. The second-order valence-electron chi connectivity index (χ2n) is 6.30. The molecule has 7 nitrogen and oxygen atoms in total. The highest BCUT2D eigenvalue weighted by Crippen LogP contribution is 2.27. The van der Waals surface area contributed by atoms with Crippen LogP contribution in [0.15, 0.2) is 41.8 Å². The highest BCUT2D eigenvalue weighted by molar-refractivity contribution is 7.13. The van der Waals surface area contributed by atoms with E-state index in [-0.39, 0.29) is 11.6 Å². The largest absolute Gasteiger partial charge is 0.467 e. The topological polar surface area (TPSA) is 77.3 Å². The molecule has 0 N–H and O–H groups in total. The van der Waals surface area contributed by atoms with Crippen LogP contribution in [0, 0.1) is 5.82 Å². The molecule has 144 valence electrons. The first kappa shape index (κ1) is 18.3. The van der Waals surface area contributed by atoms with Crippen LogP contribution >= 0.6 is 11.3 Å². The Balaban J connectivity index is 1.74. The number of methoxy groups -OCH3 is 1. The molecule has 1 aliphatic heterocycles. The van der Waals surface area contributed by atoms with Crippen LogP contribution in [0.3, 0.4) is 0 Å². The van der Waals surface area contributed by atoms with Gasteiger partial charge in [-0.15, -0.1) is 16.4 Å². The van der Waals surface area contributed by atoms with Crippen molar-refractivity contribution in [3.63, 3.8) is 0 Å². The number of ether oxygens (including phenoxy) is 1. The third-order valence-electron chi connectivity index (χ3n) is 4.60. The van der Waals surface area contributed by atoms with Crippen molar-refractivity contribution in [1.29, 1.82) is 0 Å². The van der Waals surface area contributed by atoms with Gasteiger partial charge in [-0.3, -0.25) is 4.79 Å². The molecule has 4 rings (SSSR count). The molecule has 0 saturated carbocycles. The van der Waals surface area contributed by atoms with Crippen molar-refractivity contribution in [2.75, 3.05) is 13.7 Å². The lowest BCUT2D eigenvalue weighted by Crippen LogP contribution is -2.41. The van der Waals surface area contributed by atoms with Crippen molar-refractivity contribution in [3.8, 4) is 16.4 Å². The Bertz CT molecular complexity index is 1000. The van der Waals surface area contributed by atoms with E-state index in [0.717, 1.165) is 4.88 Å². The number of hydrogen-bond acceptors (Lipinski definition) is 6. The Kier molecular flexibility index (Phi) is 4.91. The minimum Gasteiger partial charge on any atom is -0.467 e. The molecular formula is C19H17FN4O3S. The maximum Gasteiger partial charge on any atom is 0.328 e. The molecule has 1 atom stereocenters. The monoisotopic (exact) mass is 400 g/mol. The van der Waals surface area contributed by atoms with Crippen molar-refractivity contribution in [2.24, 2.45) is 0 Å².